The van der Waals surface area contributed by atoms with Crippen molar-refractivity contribution in [1.82, 2.24) is 0 Å². The van der Waals surface area contributed by atoms with Crippen LogP contribution in [0.25, 0.3) is 0 Å². The van der Waals surface area contributed by atoms with E-state index >= 15 is 0 Å². The summed E-state index contributed by atoms with van der Waals surface area (Å²) in [6.45, 7) is 1.97. The number of benzene rings is 2. The van der Waals surface area contributed by atoms with Gasteiger partial charge in [0.15, 0.2) is 9.84 Å². The van der Waals surface area contributed by atoms with E-state index in [1.807, 2.05) is 37.3 Å². The molecule has 0 unspecified atom stereocenters. The third-order valence-electron chi connectivity index (χ3n) is 3.00. The van der Waals surface area contributed by atoms with Gasteiger partial charge in [0, 0.05) is 11.3 Å². The predicted molar refractivity (Wildman–Crippen MR) is 78.5 cm³/mol. The zero-order chi connectivity index (χ0) is 14.0. The number of halogens is 1. The highest BCUT2D eigenvalue weighted by Gasteiger charge is 2.06. The molecule has 0 aliphatic rings. The third-order valence-corrected chi connectivity index (χ3v) is 4.53. The molecule has 0 fully saturated rings. The lowest BCUT2D eigenvalue weighted by Crippen LogP contribution is -1.97. The molecule has 0 bridgehead atoms. The van der Waals surface area contributed by atoms with Crippen LogP contribution in [-0.4, -0.2) is 14.7 Å². The van der Waals surface area contributed by atoms with Gasteiger partial charge in [0.05, 0.1) is 4.90 Å². The van der Waals surface area contributed by atoms with Crippen molar-refractivity contribution < 1.29 is 8.42 Å². The minimum Gasteiger partial charge on any atom is -0.224 e. The Labute approximate surface area is 119 Å². The van der Waals surface area contributed by atoms with E-state index in [2.05, 4.69) is 0 Å². The molecule has 0 aliphatic carbocycles. The Kier molecular flexibility index (Phi) is 3.97. The van der Waals surface area contributed by atoms with Crippen molar-refractivity contribution in [3.05, 3.63) is 64.2 Å². The van der Waals surface area contributed by atoms with Crippen molar-refractivity contribution in [3.8, 4) is 0 Å². The highest BCUT2D eigenvalue weighted by atomic mass is 35.5. The standard InChI is InChI=1S/C15H15ClO2S/c1-11-3-4-13(10-15(11)16)9-12-5-7-14(8-6-12)19(2,17)18/h3-8,10H,9H2,1-2H3. The van der Waals surface area contributed by atoms with Crippen LogP contribution in [0.5, 0.6) is 0 Å². The van der Waals surface area contributed by atoms with Crippen LogP contribution >= 0.6 is 11.6 Å². The summed E-state index contributed by atoms with van der Waals surface area (Å²) in [5, 5.41) is 0.755. The second kappa shape index (κ2) is 5.35. The fraction of sp³-hybridized carbons (Fsp3) is 0.200. The minimum atomic E-state index is -3.13. The summed E-state index contributed by atoms with van der Waals surface area (Å²) >= 11 is 6.09. The second-order valence-electron chi connectivity index (χ2n) is 4.68. The molecule has 0 atom stereocenters. The average molecular weight is 295 g/mol. The van der Waals surface area contributed by atoms with Gasteiger partial charge in [0.25, 0.3) is 0 Å². The average Bonchev–Trinajstić information content (AvgIpc) is 2.33. The third kappa shape index (κ3) is 3.58. The summed E-state index contributed by atoms with van der Waals surface area (Å²) in [6.07, 6.45) is 1.95. The molecule has 0 saturated carbocycles. The van der Waals surface area contributed by atoms with Crippen LogP contribution in [0.15, 0.2) is 47.4 Å². The van der Waals surface area contributed by atoms with Crippen molar-refractivity contribution in [2.45, 2.75) is 18.2 Å². The van der Waals surface area contributed by atoms with E-state index in [4.69, 9.17) is 11.6 Å². The summed E-state index contributed by atoms with van der Waals surface area (Å²) in [6, 6.07) is 12.9. The number of sulfone groups is 1. The van der Waals surface area contributed by atoms with Crippen LogP contribution in [-0.2, 0) is 16.3 Å². The van der Waals surface area contributed by atoms with Gasteiger partial charge in [-0.2, -0.15) is 0 Å². The Balaban J connectivity index is 2.22. The van der Waals surface area contributed by atoms with E-state index in [1.54, 1.807) is 12.1 Å². The molecule has 2 aromatic rings. The monoisotopic (exact) mass is 294 g/mol. The molecule has 0 saturated heterocycles. The molecule has 0 N–H and O–H groups in total. The van der Waals surface area contributed by atoms with E-state index in [0.717, 1.165) is 28.1 Å². The molecular formula is C15H15ClO2S. The fourth-order valence-corrected chi connectivity index (χ4v) is 2.67. The molecule has 2 aromatic carbocycles. The lowest BCUT2D eigenvalue weighted by molar-refractivity contribution is 0.602. The first-order valence-electron chi connectivity index (χ1n) is 5.90. The van der Waals surface area contributed by atoms with Gasteiger partial charge in [0.2, 0.25) is 0 Å². The molecule has 0 aromatic heterocycles. The Morgan fingerprint density at radius 3 is 2.11 bits per heavy atom. The lowest BCUT2D eigenvalue weighted by Gasteiger charge is -2.05. The van der Waals surface area contributed by atoms with E-state index in [1.165, 1.54) is 6.26 Å². The number of hydrogen-bond donors (Lipinski definition) is 0. The molecule has 0 aliphatic heterocycles. The van der Waals surface area contributed by atoms with Gasteiger partial charge in [0.1, 0.15) is 0 Å². The van der Waals surface area contributed by atoms with Crippen LogP contribution in [0, 0.1) is 6.92 Å². The van der Waals surface area contributed by atoms with Crippen LogP contribution < -0.4 is 0 Å². The van der Waals surface area contributed by atoms with E-state index < -0.39 is 9.84 Å². The topological polar surface area (TPSA) is 34.1 Å². The van der Waals surface area contributed by atoms with Crippen LogP contribution in [0.2, 0.25) is 5.02 Å². The SMILES string of the molecule is Cc1ccc(Cc2ccc(S(C)(=O)=O)cc2)cc1Cl. The Bertz CT molecular complexity index is 689. The molecule has 19 heavy (non-hydrogen) atoms. The first-order valence-corrected chi connectivity index (χ1v) is 8.17. The summed E-state index contributed by atoms with van der Waals surface area (Å²) in [5.74, 6) is 0. The highest BCUT2D eigenvalue weighted by molar-refractivity contribution is 7.90. The van der Waals surface area contributed by atoms with Gasteiger partial charge in [-0.25, -0.2) is 8.42 Å². The maximum Gasteiger partial charge on any atom is 0.175 e. The van der Waals surface area contributed by atoms with Crippen LogP contribution in [0.1, 0.15) is 16.7 Å². The van der Waals surface area contributed by atoms with Gasteiger partial charge in [-0.05, 0) is 48.2 Å². The smallest absolute Gasteiger partial charge is 0.175 e. The second-order valence-corrected chi connectivity index (χ2v) is 7.10. The van der Waals surface area contributed by atoms with Crippen molar-refractivity contribution >= 4 is 21.4 Å². The van der Waals surface area contributed by atoms with Crippen molar-refractivity contribution in [2.24, 2.45) is 0 Å². The Hall–Kier alpha value is -1.32. The largest absolute Gasteiger partial charge is 0.224 e. The molecule has 0 spiro atoms. The maximum atomic E-state index is 11.4. The Morgan fingerprint density at radius 2 is 1.58 bits per heavy atom. The van der Waals surface area contributed by atoms with Crippen molar-refractivity contribution in [1.29, 1.82) is 0 Å². The zero-order valence-corrected chi connectivity index (χ0v) is 12.4. The van der Waals surface area contributed by atoms with Gasteiger partial charge in [-0.15, -0.1) is 0 Å². The molecule has 2 nitrogen and oxygen atoms in total. The maximum absolute atomic E-state index is 11.4. The molecule has 4 heteroatoms. The van der Waals surface area contributed by atoms with Gasteiger partial charge >= 0.3 is 0 Å². The quantitative estimate of drug-likeness (QED) is 0.866. The van der Waals surface area contributed by atoms with E-state index in [9.17, 15) is 8.42 Å². The normalized spacial score (nSPS) is 11.5. The fourth-order valence-electron chi connectivity index (χ4n) is 1.84. The molecule has 0 heterocycles. The Morgan fingerprint density at radius 1 is 1.00 bits per heavy atom. The van der Waals surface area contributed by atoms with Crippen LogP contribution in [0.3, 0.4) is 0 Å². The predicted octanol–water partition coefficient (Wildman–Crippen LogP) is 3.64. The minimum absolute atomic E-state index is 0.346. The number of aryl methyl sites for hydroxylation is 1. The van der Waals surface area contributed by atoms with Gasteiger partial charge < -0.3 is 0 Å². The first-order chi connectivity index (χ1) is 8.86. The van der Waals surface area contributed by atoms with Gasteiger partial charge in [-0.3, -0.25) is 0 Å². The van der Waals surface area contributed by atoms with E-state index in [-0.39, 0.29) is 0 Å². The van der Waals surface area contributed by atoms with Crippen molar-refractivity contribution in [2.75, 3.05) is 6.26 Å². The highest BCUT2D eigenvalue weighted by Crippen LogP contribution is 2.19. The number of rotatable bonds is 3. The summed E-state index contributed by atoms with van der Waals surface area (Å²) in [7, 11) is -3.13. The molecule has 0 radical (unpaired) electrons. The number of hydrogen-bond acceptors (Lipinski definition) is 2. The van der Waals surface area contributed by atoms with Crippen molar-refractivity contribution in [3.63, 3.8) is 0 Å². The van der Waals surface area contributed by atoms with Gasteiger partial charge in [-0.1, -0.05) is 35.9 Å². The summed E-state index contributed by atoms with van der Waals surface area (Å²) in [5.41, 5.74) is 3.23. The summed E-state index contributed by atoms with van der Waals surface area (Å²) in [4.78, 5) is 0.346. The van der Waals surface area contributed by atoms with Crippen LogP contribution in [0.4, 0.5) is 0 Å². The first kappa shape index (κ1) is 14.1. The molecule has 100 valence electrons. The summed E-state index contributed by atoms with van der Waals surface area (Å²) < 4.78 is 22.7. The molecule has 0 amide bonds. The zero-order valence-electron chi connectivity index (χ0n) is 10.9. The van der Waals surface area contributed by atoms with E-state index in [0.29, 0.717) is 4.90 Å². The molecular weight excluding hydrogens is 280 g/mol. The lowest BCUT2D eigenvalue weighted by atomic mass is 10.0. The molecule has 2 rings (SSSR count).